The number of rotatable bonds is 8. The molecule has 1 saturated heterocycles. The first-order chi connectivity index (χ1) is 9.90. The molecule has 0 saturated carbocycles. The number of aliphatic hydroxyl groups excluding tert-OH is 2. The van der Waals surface area contributed by atoms with Crippen LogP contribution in [0.3, 0.4) is 0 Å². The van der Waals surface area contributed by atoms with Crippen LogP contribution in [0, 0.1) is 0 Å². The third-order valence-electron chi connectivity index (χ3n) is 4.46. The van der Waals surface area contributed by atoms with Crippen LogP contribution in [0.2, 0.25) is 0 Å². The summed E-state index contributed by atoms with van der Waals surface area (Å²) in [5.74, 6) is 0.145. The first-order valence-electron chi connectivity index (χ1n) is 8.22. The van der Waals surface area contributed by atoms with Gasteiger partial charge in [0.2, 0.25) is 5.91 Å². The van der Waals surface area contributed by atoms with Crippen LogP contribution in [0.5, 0.6) is 0 Å². The number of piperazine rings is 1. The second-order valence-corrected chi connectivity index (χ2v) is 6.67. The summed E-state index contributed by atoms with van der Waals surface area (Å²) >= 11 is 0. The molecule has 1 atom stereocenters. The van der Waals surface area contributed by atoms with Gasteiger partial charge >= 0.3 is 0 Å². The van der Waals surface area contributed by atoms with Gasteiger partial charge in [-0.3, -0.25) is 9.69 Å². The van der Waals surface area contributed by atoms with Crippen LogP contribution in [0.1, 0.15) is 52.9 Å². The van der Waals surface area contributed by atoms with Crippen molar-refractivity contribution in [3.63, 3.8) is 0 Å². The molecule has 124 valence electrons. The molecule has 0 aromatic heterocycles. The average molecular weight is 300 g/mol. The van der Waals surface area contributed by atoms with Crippen LogP contribution in [-0.4, -0.2) is 70.3 Å². The lowest BCUT2D eigenvalue weighted by atomic mass is 10.0. The largest absolute Gasteiger partial charge is 0.394 e. The molecule has 2 N–H and O–H groups in total. The fraction of sp³-hybridized carbons (Fsp3) is 0.938. The van der Waals surface area contributed by atoms with Crippen molar-refractivity contribution in [1.82, 2.24) is 9.80 Å². The van der Waals surface area contributed by atoms with Gasteiger partial charge in [0.1, 0.15) is 0 Å². The SMILES string of the molecule is CCCC[C@H](O)CCC(=O)N1CCN(C(C)(C)CO)CC1. The Morgan fingerprint density at radius 2 is 1.81 bits per heavy atom. The fourth-order valence-electron chi connectivity index (χ4n) is 2.69. The third kappa shape index (κ3) is 5.93. The Balaban J connectivity index is 2.29. The summed E-state index contributed by atoms with van der Waals surface area (Å²) < 4.78 is 0. The molecular formula is C16H32N2O3. The van der Waals surface area contributed by atoms with Crippen molar-refractivity contribution in [2.45, 2.75) is 64.5 Å². The lowest BCUT2D eigenvalue weighted by Gasteiger charge is -2.43. The van der Waals surface area contributed by atoms with Crippen LogP contribution in [0.25, 0.3) is 0 Å². The van der Waals surface area contributed by atoms with Gasteiger partial charge in [-0.05, 0) is 26.7 Å². The summed E-state index contributed by atoms with van der Waals surface area (Å²) in [5.41, 5.74) is -0.217. The number of hydrogen-bond acceptors (Lipinski definition) is 4. The van der Waals surface area contributed by atoms with Crippen molar-refractivity contribution in [3.05, 3.63) is 0 Å². The molecule has 21 heavy (non-hydrogen) atoms. The predicted octanol–water partition coefficient (Wildman–Crippen LogP) is 1.23. The van der Waals surface area contributed by atoms with Crippen LogP contribution in [-0.2, 0) is 4.79 Å². The molecule has 5 heteroatoms. The number of nitrogens with zero attached hydrogens (tertiary/aromatic N) is 2. The molecule has 0 bridgehead atoms. The quantitative estimate of drug-likeness (QED) is 0.708. The van der Waals surface area contributed by atoms with Gasteiger partial charge in [0, 0.05) is 38.1 Å². The Kier molecular flexibility index (Phi) is 7.63. The number of unbranched alkanes of at least 4 members (excludes halogenated alkanes) is 1. The zero-order chi connectivity index (χ0) is 15.9. The molecule has 0 aromatic rings. The molecule has 1 heterocycles. The average Bonchev–Trinajstić information content (AvgIpc) is 2.50. The molecular weight excluding hydrogens is 268 g/mol. The van der Waals surface area contributed by atoms with E-state index in [1.165, 1.54) is 0 Å². The molecule has 1 aliphatic heterocycles. The van der Waals surface area contributed by atoms with Gasteiger partial charge in [-0.2, -0.15) is 0 Å². The number of carbonyl (C=O) groups is 1. The molecule has 0 radical (unpaired) electrons. The molecule has 5 nitrogen and oxygen atoms in total. The molecule has 0 unspecified atom stereocenters. The predicted molar refractivity (Wildman–Crippen MR) is 84.1 cm³/mol. The number of amides is 1. The van der Waals surface area contributed by atoms with E-state index in [0.29, 0.717) is 25.9 Å². The summed E-state index contributed by atoms with van der Waals surface area (Å²) in [4.78, 5) is 16.3. The van der Waals surface area contributed by atoms with E-state index in [4.69, 9.17) is 0 Å². The third-order valence-corrected chi connectivity index (χ3v) is 4.46. The second-order valence-electron chi connectivity index (χ2n) is 6.67. The second kappa shape index (κ2) is 8.71. The van der Waals surface area contributed by atoms with E-state index in [1.54, 1.807) is 0 Å². The summed E-state index contributed by atoms with van der Waals surface area (Å²) in [7, 11) is 0. The highest BCUT2D eigenvalue weighted by atomic mass is 16.3. The van der Waals surface area contributed by atoms with Gasteiger partial charge in [0.15, 0.2) is 0 Å². The molecule has 0 spiro atoms. The van der Waals surface area contributed by atoms with Crippen LogP contribution >= 0.6 is 0 Å². The maximum absolute atomic E-state index is 12.1. The van der Waals surface area contributed by atoms with Gasteiger partial charge < -0.3 is 15.1 Å². The topological polar surface area (TPSA) is 64.0 Å². The molecule has 0 aliphatic carbocycles. The van der Waals surface area contributed by atoms with Crippen molar-refractivity contribution < 1.29 is 15.0 Å². The smallest absolute Gasteiger partial charge is 0.222 e. The van der Waals surface area contributed by atoms with Gasteiger partial charge in [0.05, 0.1) is 12.7 Å². The monoisotopic (exact) mass is 300 g/mol. The summed E-state index contributed by atoms with van der Waals surface area (Å²) in [6.45, 7) is 9.31. The van der Waals surface area contributed by atoms with Gasteiger partial charge in [0.25, 0.3) is 0 Å². The Morgan fingerprint density at radius 3 is 2.33 bits per heavy atom. The Morgan fingerprint density at radius 1 is 1.19 bits per heavy atom. The molecule has 1 amide bonds. The van der Waals surface area contributed by atoms with Gasteiger partial charge in [-0.15, -0.1) is 0 Å². The van der Waals surface area contributed by atoms with E-state index in [1.807, 2.05) is 18.7 Å². The minimum absolute atomic E-state index is 0.130. The minimum Gasteiger partial charge on any atom is -0.394 e. The zero-order valence-electron chi connectivity index (χ0n) is 13.8. The number of hydrogen-bond donors (Lipinski definition) is 2. The van der Waals surface area contributed by atoms with Crippen LogP contribution in [0.15, 0.2) is 0 Å². The van der Waals surface area contributed by atoms with Crippen LogP contribution < -0.4 is 0 Å². The number of carbonyl (C=O) groups excluding carboxylic acids is 1. The number of aliphatic hydroxyl groups is 2. The van der Waals surface area contributed by atoms with Crippen molar-refractivity contribution in [1.29, 1.82) is 0 Å². The van der Waals surface area contributed by atoms with E-state index in [2.05, 4.69) is 11.8 Å². The molecule has 1 aliphatic rings. The fourth-order valence-corrected chi connectivity index (χ4v) is 2.69. The van der Waals surface area contributed by atoms with E-state index >= 15 is 0 Å². The lowest BCUT2D eigenvalue weighted by Crippen LogP contribution is -2.57. The summed E-state index contributed by atoms with van der Waals surface area (Å²) in [5, 5.41) is 19.2. The van der Waals surface area contributed by atoms with Crippen molar-refractivity contribution in [2.75, 3.05) is 32.8 Å². The van der Waals surface area contributed by atoms with Gasteiger partial charge in [-0.25, -0.2) is 0 Å². The van der Waals surface area contributed by atoms with Crippen LogP contribution in [0.4, 0.5) is 0 Å². The Hall–Kier alpha value is -0.650. The van der Waals surface area contributed by atoms with Gasteiger partial charge in [-0.1, -0.05) is 19.8 Å². The normalized spacial score (nSPS) is 18.8. The molecule has 0 aromatic carbocycles. The molecule has 1 rings (SSSR count). The highest BCUT2D eigenvalue weighted by Gasteiger charge is 2.30. The Labute approximate surface area is 128 Å². The first kappa shape index (κ1) is 18.4. The maximum atomic E-state index is 12.1. The van der Waals surface area contributed by atoms with E-state index < -0.39 is 0 Å². The van der Waals surface area contributed by atoms with E-state index in [-0.39, 0.29) is 24.2 Å². The standard InChI is InChI=1S/C16H32N2O3/c1-4-5-6-14(20)7-8-15(21)17-9-11-18(12-10-17)16(2,3)13-19/h14,19-20H,4-13H2,1-3H3/t14-/m0/s1. The maximum Gasteiger partial charge on any atom is 0.222 e. The van der Waals surface area contributed by atoms with E-state index in [0.717, 1.165) is 32.4 Å². The summed E-state index contributed by atoms with van der Waals surface area (Å²) in [6, 6.07) is 0. The highest BCUT2D eigenvalue weighted by molar-refractivity contribution is 5.76. The minimum atomic E-state index is -0.344. The van der Waals surface area contributed by atoms with Crippen molar-refractivity contribution >= 4 is 5.91 Å². The van der Waals surface area contributed by atoms with E-state index in [9.17, 15) is 15.0 Å². The first-order valence-corrected chi connectivity index (χ1v) is 8.22. The summed E-state index contributed by atoms with van der Waals surface area (Å²) in [6.07, 6.45) is 3.55. The lowest BCUT2D eigenvalue weighted by molar-refractivity contribution is -0.134. The van der Waals surface area contributed by atoms with Crippen molar-refractivity contribution in [3.8, 4) is 0 Å². The van der Waals surface area contributed by atoms with Crippen molar-refractivity contribution in [2.24, 2.45) is 0 Å². The molecule has 1 fully saturated rings. The zero-order valence-corrected chi connectivity index (χ0v) is 13.8. The highest BCUT2D eigenvalue weighted by Crippen LogP contribution is 2.17. The Bertz CT molecular complexity index is 313.